The van der Waals surface area contributed by atoms with Crippen LogP contribution in [0.4, 0.5) is 4.39 Å². The van der Waals surface area contributed by atoms with Gasteiger partial charge in [-0.3, -0.25) is 4.90 Å². The molecule has 0 atom stereocenters. The van der Waals surface area contributed by atoms with Crippen LogP contribution < -0.4 is 0 Å². The summed E-state index contributed by atoms with van der Waals surface area (Å²) in [5.41, 5.74) is 0.733. The van der Waals surface area contributed by atoms with Gasteiger partial charge in [0.25, 0.3) is 0 Å². The molecule has 5 nitrogen and oxygen atoms in total. The van der Waals surface area contributed by atoms with Crippen LogP contribution in [0.1, 0.15) is 25.2 Å². The molecule has 0 aliphatic rings. The van der Waals surface area contributed by atoms with Crippen molar-refractivity contribution in [3.63, 3.8) is 0 Å². The Bertz CT molecular complexity index is 542. The van der Waals surface area contributed by atoms with Crippen LogP contribution in [-0.4, -0.2) is 40.3 Å². The Labute approximate surface area is 123 Å². The predicted octanol–water partition coefficient (Wildman–Crippen LogP) is 2.47. The maximum Gasteiger partial charge on any atom is 0.241 e. The molecule has 0 fully saturated rings. The summed E-state index contributed by atoms with van der Waals surface area (Å²) in [6.45, 7) is 1.73. The molecule has 0 spiro atoms. The molecule has 0 amide bonds. The summed E-state index contributed by atoms with van der Waals surface area (Å²) in [5.74, 6) is 0.725. The van der Waals surface area contributed by atoms with Crippen LogP contribution in [-0.2, 0) is 6.54 Å². The largest absolute Gasteiger partial charge is 0.396 e. The lowest BCUT2D eigenvalue weighted by atomic mass is 10.2. The number of hydrogen-bond donors (Lipinski definition) is 1. The minimum atomic E-state index is -0.287. The zero-order valence-electron chi connectivity index (χ0n) is 12.1. The van der Waals surface area contributed by atoms with Crippen LogP contribution in [0.3, 0.4) is 0 Å². The molecule has 6 heteroatoms. The first-order valence-electron chi connectivity index (χ1n) is 7.07. The van der Waals surface area contributed by atoms with Gasteiger partial charge >= 0.3 is 0 Å². The van der Waals surface area contributed by atoms with Gasteiger partial charge in [-0.05, 0) is 57.1 Å². The molecule has 0 aliphatic carbocycles. The highest BCUT2D eigenvalue weighted by Crippen LogP contribution is 2.16. The Balaban J connectivity index is 1.86. The molecule has 114 valence electrons. The van der Waals surface area contributed by atoms with Crippen molar-refractivity contribution in [2.24, 2.45) is 0 Å². The van der Waals surface area contributed by atoms with Crippen LogP contribution >= 0.6 is 0 Å². The summed E-state index contributed by atoms with van der Waals surface area (Å²) in [6.07, 6.45) is 2.87. The number of aromatic nitrogens is 2. The molecular weight excluding hydrogens is 273 g/mol. The van der Waals surface area contributed by atoms with Crippen molar-refractivity contribution in [2.75, 3.05) is 20.2 Å². The molecule has 0 saturated carbocycles. The van der Waals surface area contributed by atoms with E-state index in [4.69, 9.17) is 9.63 Å². The second-order valence-corrected chi connectivity index (χ2v) is 5.04. The van der Waals surface area contributed by atoms with Crippen LogP contribution in [0.25, 0.3) is 11.4 Å². The highest BCUT2D eigenvalue weighted by atomic mass is 19.1. The number of aliphatic hydroxyl groups excluding tert-OH is 1. The van der Waals surface area contributed by atoms with E-state index in [2.05, 4.69) is 15.0 Å². The minimum absolute atomic E-state index is 0.244. The van der Waals surface area contributed by atoms with Crippen molar-refractivity contribution in [3.05, 3.63) is 36.0 Å². The van der Waals surface area contributed by atoms with E-state index in [9.17, 15) is 4.39 Å². The second-order valence-electron chi connectivity index (χ2n) is 5.04. The Morgan fingerprint density at radius 3 is 2.67 bits per heavy atom. The van der Waals surface area contributed by atoms with E-state index in [0.717, 1.165) is 31.4 Å². The van der Waals surface area contributed by atoms with Gasteiger partial charge in [-0.25, -0.2) is 4.39 Å². The molecule has 0 aliphatic heterocycles. The van der Waals surface area contributed by atoms with Gasteiger partial charge in [0.15, 0.2) is 0 Å². The van der Waals surface area contributed by atoms with Gasteiger partial charge in [0.2, 0.25) is 11.7 Å². The van der Waals surface area contributed by atoms with E-state index in [-0.39, 0.29) is 12.4 Å². The predicted molar refractivity (Wildman–Crippen MR) is 77.0 cm³/mol. The number of unbranched alkanes of at least 4 members (excludes halogenated alkanes) is 2. The fourth-order valence-corrected chi connectivity index (χ4v) is 2.02. The Morgan fingerprint density at radius 1 is 1.19 bits per heavy atom. The van der Waals surface area contributed by atoms with E-state index in [1.807, 2.05) is 7.05 Å². The minimum Gasteiger partial charge on any atom is -0.396 e. The maximum absolute atomic E-state index is 12.9. The summed E-state index contributed by atoms with van der Waals surface area (Å²) < 4.78 is 18.1. The molecule has 2 rings (SSSR count). The third-order valence-electron chi connectivity index (χ3n) is 3.17. The highest BCUT2D eigenvalue weighted by molar-refractivity contribution is 5.53. The molecule has 1 aromatic heterocycles. The first kappa shape index (κ1) is 15.6. The summed E-state index contributed by atoms with van der Waals surface area (Å²) in [6, 6.07) is 6.00. The third kappa shape index (κ3) is 4.91. The molecule has 0 bridgehead atoms. The quantitative estimate of drug-likeness (QED) is 0.758. The van der Waals surface area contributed by atoms with Crippen molar-refractivity contribution < 1.29 is 14.0 Å². The lowest BCUT2D eigenvalue weighted by Crippen LogP contribution is -2.19. The lowest BCUT2D eigenvalue weighted by Gasteiger charge is -2.13. The zero-order chi connectivity index (χ0) is 15.1. The second kappa shape index (κ2) is 7.85. The maximum atomic E-state index is 12.9. The SMILES string of the molecule is CN(CCCCCO)Cc1nc(-c2ccc(F)cc2)no1. The highest BCUT2D eigenvalue weighted by Gasteiger charge is 2.10. The Kier molecular flexibility index (Phi) is 5.83. The first-order valence-corrected chi connectivity index (χ1v) is 7.07. The van der Waals surface area contributed by atoms with Crippen molar-refractivity contribution >= 4 is 0 Å². The van der Waals surface area contributed by atoms with Crippen molar-refractivity contribution in [2.45, 2.75) is 25.8 Å². The van der Waals surface area contributed by atoms with Crippen molar-refractivity contribution in [1.82, 2.24) is 15.0 Å². The van der Waals surface area contributed by atoms with E-state index in [0.29, 0.717) is 18.3 Å². The summed E-state index contributed by atoms with van der Waals surface area (Å²) in [7, 11) is 1.99. The molecule has 0 unspecified atom stereocenters. The third-order valence-corrected chi connectivity index (χ3v) is 3.17. The van der Waals surface area contributed by atoms with Crippen LogP contribution in [0.2, 0.25) is 0 Å². The van der Waals surface area contributed by atoms with Crippen LogP contribution in [0, 0.1) is 5.82 Å². The van der Waals surface area contributed by atoms with Gasteiger partial charge in [0, 0.05) is 12.2 Å². The molecule has 0 radical (unpaired) electrons. The summed E-state index contributed by atoms with van der Waals surface area (Å²) >= 11 is 0. The monoisotopic (exact) mass is 293 g/mol. The van der Waals surface area contributed by atoms with Gasteiger partial charge in [0.05, 0.1) is 6.54 Å². The molecule has 1 aromatic carbocycles. The van der Waals surface area contributed by atoms with Gasteiger partial charge in [-0.1, -0.05) is 5.16 Å². The Hall–Kier alpha value is -1.79. The standard InChI is InChI=1S/C15H20FN3O2/c1-19(9-3-2-4-10-20)11-14-17-15(18-21-14)12-5-7-13(16)8-6-12/h5-8,20H,2-4,9-11H2,1H3. The van der Waals surface area contributed by atoms with Crippen molar-refractivity contribution in [3.8, 4) is 11.4 Å². The summed E-state index contributed by atoms with van der Waals surface area (Å²) in [5, 5.41) is 12.6. The van der Waals surface area contributed by atoms with Gasteiger partial charge in [0.1, 0.15) is 5.82 Å². The number of halogens is 1. The van der Waals surface area contributed by atoms with Crippen molar-refractivity contribution in [1.29, 1.82) is 0 Å². The van der Waals surface area contributed by atoms with Gasteiger partial charge in [-0.2, -0.15) is 4.98 Å². The molecule has 2 aromatic rings. The van der Waals surface area contributed by atoms with E-state index >= 15 is 0 Å². The topological polar surface area (TPSA) is 62.4 Å². The molecular formula is C15H20FN3O2. The molecule has 0 saturated heterocycles. The first-order chi connectivity index (χ1) is 10.2. The Morgan fingerprint density at radius 2 is 1.95 bits per heavy atom. The number of nitrogens with zero attached hydrogens (tertiary/aromatic N) is 3. The fraction of sp³-hybridized carbons (Fsp3) is 0.467. The fourth-order valence-electron chi connectivity index (χ4n) is 2.02. The number of aliphatic hydroxyl groups is 1. The van der Waals surface area contributed by atoms with E-state index in [1.54, 1.807) is 12.1 Å². The van der Waals surface area contributed by atoms with Crippen LogP contribution in [0.5, 0.6) is 0 Å². The molecule has 21 heavy (non-hydrogen) atoms. The van der Waals surface area contributed by atoms with E-state index in [1.165, 1.54) is 12.1 Å². The lowest BCUT2D eigenvalue weighted by molar-refractivity contribution is 0.251. The van der Waals surface area contributed by atoms with Gasteiger partial charge < -0.3 is 9.63 Å². The van der Waals surface area contributed by atoms with Gasteiger partial charge in [-0.15, -0.1) is 0 Å². The number of rotatable bonds is 8. The smallest absolute Gasteiger partial charge is 0.241 e. The van der Waals surface area contributed by atoms with Crippen LogP contribution in [0.15, 0.2) is 28.8 Å². The number of benzene rings is 1. The molecule has 1 heterocycles. The average Bonchev–Trinajstić information content (AvgIpc) is 2.93. The normalized spacial score (nSPS) is 11.2. The molecule has 1 N–H and O–H groups in total. The van der Waals surface area contributed by atoms with E-state index < -0.39 is 0 Å². The zero-order valence-corrected chi connectivity index (χ0v) is 12.1. The number of hydrogen-bond acceptors (Lipinski definition) is 5. The average molecular weight is 293 g/mol. The summed E-state index contributed by atoms with van der Waals surface area (Å²) in [4.78, 5) is 6.41.